The van der Waals surface area contributed by atoms with Crippen molar-refractivity contribution >= 4 is 70.5 Å². The number of nitrogens with one attached hydrogen (secondary N) is 7. The molecule has 0 saturated carbocycles. The summed E-state index contributed by atoms with van der Waals surface area (Å²) in [7, 11) is 1.47. The van der Waals surface area contributed by atoms with Crippen molar-refractivity contribution in [2.24, 2.45) is 17.4 Å². The lowest BCUT2D eigenvalue weighted by Gasteiger charge is -2.47. The first kappa shape index (κ1) is 77.0. The van der Waals surface area contributed by atoms with Gasteiger partial charge in [-0.05, 0) is 110 Å². The number of phenolic OH excluding ortho intramolecular Hbond substituents is 3. The van der Waals surface area contributed by atoms with E-state index in [0.717, 1.165) is 66.7 Å². The molecule has 11 bridgehead atoms. The number of carboxylic acid groups (broad SMARTS) is 1. The molecule has 35 heteroatoms. The maximum atomic E-state index is 16.0. The predicted molar refractivity (Wildman–Crippen MR) is 356 cm³/mol. The van der Waals surface area contributed by atoms with Gasteiger partial charge in [-0.25, -0.2) is 4.79 Å². The predicted octanol–water partition coefficient (Wildman–Crippen LogP) is 0.742. The molecule has 18 atom stereocenters. The van der Waals surface area contributed by atoms with Crippen LogP contribution in [0.25, 0.3) is 11.1 Å². The van der Waals surface area contributed by atoms with E-state index in [4.69, 9.17) is 63.1 Å². The Labute approximate surface area is 591 Å². The van der Waals surface area contributed by atoms with Crippen LogP contribution in [0.15, 0.2) is 78.9 Å². The van der Waals surface area contributed by atoms with Gasteiger partial charge in [0.25, 0.3) is 0 Å². The number of carboxylic acids is 1. The Morgan fingerprint density at radius 3 is 1.89 bits per heavy atom. The maximum absolute atomic E-state index is 16.0. The second-order valence-electron chi connectivity index (χ2n) is 25.7. The van der Waals surface area contributed by atoms with Crippen LogP contribution in [0.2, 0.25) is 10.0 Å². The number of rotatable bonds is 13. The average Bonchev–Trinajstić information content (AvgIpc) is 0.768. The van der Waals surface area contributed by atoms with Crippen molar-refractivity contribution < 1.29 is 118 Å². The second-order valence-corrected chi connectivity index (χ2v) is 26.5. The van der Waals surface area contributed by atoms with E-state index < -0.39 is 237 Å². The van der Waals surface area contributed by atoms with Gasteiger partial charge in [0.2, 0.25) is 53.4 Å². The molecule has 0 aromatic heterocycles. The molecule has 7 amide bonds. The normalized spacial score (nSPS) is 29.1. The topological polar surface area (TPSA) is 530 Å². The van der Waals surface area contributed by atoms with E-state index in [1.807, 2.05) is 13.8 Å². The van der Waals surface area contributed by atoms with Crippen LogP contribution in [-0.2, 0) is 52.6 Å². The third kappa shape index (κ3) is 16.2. The van der Waals surface area contributed by atoms with E-state index in [-0.39, 0.29) is 53.6 Å². The van der Waals surface area contributed by atoms with Gasteiger partial charge in [-0.1, -0.05) is 62.7 Å². The van der Waals surface area contributed by atoms with Gasteiger partial charge in [0, 0.05) is 34.7 Å². The lowest BCUT2D eigenvalue weighted by molar-refractivity contribution is -0.333. The molecule has 12 rings (SSSR count). The van der Waals surface area contributed by atoms with Crippen molar-refractivity contribution in [1.29, 1.82) is 0 Å². The highest BCUT2D eigenvalue weighted by molar-refractivity contribution is 6.32. The van der Waals surface area contributed by atoms with E-state index in [1.165, 1.54) is 33.0 Å². The molecule has 102 heavy (non-hydrogen) atoms. The van der Waals surface area contributed by atoms with Crippen LogP contribution in [0.1, 0.15) is 113 Å². The van der Waals surface area contributed by atoms with Crippen LogP contribution >= 0.6 is 23.2 Å². The minimum Gasteiger partial charge on any atom is -0.508 e. The zero-order valence-corrected chi connectivity index (χ0v) is 55.8. The number of primary amides is 1. The number of hydrogen-bond acceptors (Lipinski definition) is 25. The number of amides is 7. The monoisotopic (exact) mass is 1460 g/mol. The number of nitrogens with two attached hydrogens (primary N) is 2. The van der Waals surface area contributed by atoms with Crippen LogP contribution in [0.4, 0.5) is 0 Å². The number of aliphatic hydroxyl groups is 6. The van der Waals surface area contributed by atoms with Crippen molar-refractivity contribution in [3.8, 4) is 57.1 Å². The maximum Gasteiger partial charge on any atom is 0.330 e. The van der Waals surface area contributed by atoms with Crippen molar-refractivity contribution in [3.05, 3.63) is 117 Å². The third-order valence-electron chi connectivity index (χ3n) is 17.8. The molecule has 7 heterocycles. The lowest BCUT2D eigenvalue weighted by atomic mass is 9.86. The number of carbonyl (C=O) groups is 8. The van der Waals surface area contributed by atoms with Gasteiger partial charge in [-0.3, -0.25) is 33.6 Å². The first-order chi connectivity index (χ1) is 47.7. The first-order valence-corrected chi connectivity index (χ1v) is 32.4. The number of fused-ring (bicyclic) bond motifs is 15. The van der Waals surface area contributed by atoms with Crippen molar-refractivity contribution in [2.45, 2.75) is 164 Å². The Morgan fingerprint density at radius 2 is 1.31 bits per heavy atom. The summed E-state index contributed by atoms with van der Waals surface area (Å²) in [5, 5.41) is 131. The molecule has 0 spiro atoms. The van der Waals surface area contributed by atoms with Crippen molar-refractivity contribution in [1.82, 2.24) is 37.2 Å². The first-order valence-electron chi connectivity index (χ1n) is 31.6. The number of aromatic hydroxyl groups is 3. The molecule has 5 aromatic rings. The highest BCUT2D eigenvalue weighted by Gasteiger charge is 2.51. The molecule has 2 saturated heterocycles. The third-order valence-corrected chi connectivity index (χ3v) is 18.4. The van der Waals surface area contributed by atoms with Gasteiger partial charge in [-0.15, -0.1) is 0 Å². The van der Waals surface area contributed by atoms with Gasteiger partial charge in [0.1, 0.15) is 89.5 Å². The van der Waals surface area contributed by atoms with Gasteiger partial charge in [-0.2, -0.15) is 0 Å². The van der Waals surface area contributed by atoms with Gasteiger partial charge < -0.3 is 128 Å². The summed E-state index contributed by atoms with van der Waals surface area (Å²) in [6, 6.07) is -0.679. The largest absolute Gasteiger partial charge is 0.508 e. The lowest BCUT2D eigenvalue weighted by Crippen LogP contribution is -2.64. The van der Waals surface area contributed by atoms with Crippen LogP contribution < -0.4 is 62.9 Å². The molecule has 2 fully saturated rings. The van der Waals surface area contributed by atoms with Gasteiger partial charge >= 0.3 is 5.97 Å². The number of carbonyl (C=O) groups excluding carboxylic acids is 7. The fraction of sp³-hybridized carbons (Fsp3) is 0.433. The van der Waals surface area contributed by atoms with Crippen molar-refractivity contribution in [3.63, 3.8) is 0 Å². The minimum absolute atomic E-state index is 0. The number of benzene rings is 5. The summed E-state index contributed by atoms with van der Waals surface area (Å²) < 4.78 is 38.3. The molecule has 1 unspecified atom stereocenters. The smallest absolute Gasteiger partial charge is 0.330 e. The molecule has 0 aliphatic carbocycles. The average molecular weight is 1470 g/mol. The molecular formula is C67H79Cl2N9O24. The fourth-order valence-electron chi connectivity index (χ4n) is 12.5. The zero-order valence-electron chi connectivity index (χ0n) is 54.3. The van der Waals surface area contributed by atoms with E-state index in [0.29, 0.717) is 0 Å². The Balaban J connectivity index is 0.0000121. The SMILES string of the molecule is C.CN[C@H](CC(C)C)C(=O)NC1C(=O)N[C@@H](CC(N)=O)C(=O)N[C@H]2C(=O)N[C@H]3C(=O)N[C@H](C(=O)N[C@H](C(=O)O)c4cc(O)cc(O)c4-c4cc3ccc4O)[C@H](O)c3ccc(c(Cl)c3)Oc3cc2cc(c3O[C@@H]2O[C@H](CO)[C@@H](O)[C@H](O)[C@H]2O[C@H]2C[C@](C)(N)[C@H](O)[C@H](C)O2)Oc2ccc(cc2Cl)[C@H]1O. The molecule has 7 aliphatic heterocycles. The van der Waals surface area contributed by atoms with E-state index in [1.54, 1.807) is 0 Å². The Bertz CT molecular complexity index is 4080. The minimum atomic E-state index is -2.35. The number of phenols is 3. The number of hydrogen-bond donors (Lipinski definition) is 19. The number of halogens is 2. The Kier molecular flexibility index (Phi) is 23.5. The molecule has 7 aliphatic rings. The standard InChI is InChI=1S/C66H75Cl2N9O24.CH4/c1-23(2)12-34(71-5)58(88)76-49-51(83)26-7-10-38(32(67)14-26)97-40-16-28-17-41(55(40)101-65-56(54(86)53(85)42(22-78)99-65)100-44-21-66(4,70)57(87)24(3)96-44)98-39-11-8-27(15-33(39)68)52(84)50-63(93)75-48(64(94)95)31-18-29(79)19-37(81)45(31)30-13-25(6-9-36(30)80)46(60(90)77-50)74-61(91)47(28)73-59(89)35(20-43(69)82)72-62(49)92;/h6-11,13-19,23-24,34-35,42,44,46-54,56-57,65,71,78-81,83-87H,12,20-22,70H2,1-5H3,(H2,69,82)(H,72,92)(H,73,89)(H,74,91)(H,75,93)(H,76,88)(H,77,90)(H,94,95);1H4/t24-,34+,35-,42+,44-,46+,47+,48-,49?,50-,51+,52+,53+,54-,56+,57+,65-,66-;/m0./s1. The summed E-state index contributed by atoms with van der Waals surface area (Å²) in [6.45, 7) is 5.66. The fourth-order valence-corrected chi connectivity index (χ4v) is 12.9. The summed E-state index contributed by atoms with van der Waals surface area (Å²) in [6.07, 6.45) is -18.6. The zero-order chi connectivity index (χ0) is 73.5. The molecule has 21 N–H and O–H groups in total. The van der Waals surface area contributed by atoms with Crippen molar-refractivity contribution in [2.75, 3.05) is 13.7 Å². The number of aliphatic carboxylic acids is 1. The van der Waals surface area contributed by atoms with Gasteiger partial charge in [0.15, 0.2) is 29.9 Å². The Morgan fingerprint density at radius 1 is 0.716 bits per heavy atom. The Hall–Kier alpha value is -9.20. The van der Waals surface area contributed by atoms with Crippen LogP contribution in [0.3, 0.4) is 0 Å². The molecule has 5 aromatic carbocycles. The van der Waals surface area contributed by atoms with Crippen LogP contribution in [0.5, 0.6) is 46.0 Å². The highest BCUT2D eigenvalue weighted by Crippen LogP contribution is 2.50. The number of aliphatic hydroxyl groups excluding tert-OH is 6. The summed E-state index contributed by atoms with van der Waals surface area (Å²) in [4.78, 5) is 117. The van der Waals surface area contributed by atoms with E-state index in [2.05, 4.69) is 37.2 Å². The molecular weight excluding hydrogens is 1390 g/mol. The summed E-state index contributed by atoms with van der Waals surface area (Å²) >= 11 is 14.1. The summed E-state index contributed by atoms with van der Waals surface area (Å²) in [5.74, 6) is -16.0. The number of ether oxygens (including phenoxy) is 6. The van der Waals surface area contributed by atoms with E-state index in [9.17, 15) is 75.0 Å². The second kappa shape index (κ2) is 31.2. The van der Waals surface area contributed by atoms with Crippen LogP contribution in [-0.4, -0.2) is 191 Å². The van der Waals surface area contributed by atoms with Crippen LogP contribution in [0, 0.1) is 5.92 Å². The quantitative estimate of drug-likeness (QED) is 0.0773. The molecule has 550 valence electrons. The molecule has 33 nitrogen and oxygen atoms in total. The molecule has 0 radical (unpaired) electrons. The van der Waals surface area contributed by atoms with E-state index >= 15 is 14.4 Å². The van der Waals surface area contributed by atoms with Gasteiger partial charge in [0.05, 0.1) is 41.3 Å². The summed E-state index contributed by atoms with van der Waals surface area (Å²) in [5.41, 5.74) is 8.00. The highest BCUT2D eigenvalue weighted by atomic mass is 35.5. The number of likely N-dealkylation sites (N-methyl/N-ethyl adjacent to an activating group) is 1.